The number of hydrogen-bond donors (Lipinski definition) is 1. The first-order valence-electron chi connectivity index (χ1n) is 7.20. The van der Waals surface area contributed by atoms with Crippen LogP contribution >= 0.6 is 11.3 Å². The topological polar surface area (TPSA) is 35.2 Å². The molecule has 0 bridgehead atoms. The quantitative estimate of drug-likeness (QED) is 0.926. The first-order valence-corrected chi connectivity index (χ1v) is 8.08. The van der Waals surface area contributed by atoms with Gasteiger partial charge in [0.25, 0.3) is 0 Å². The lowest BCUT2D eigenvalue weighted by Gasteiger charge is -2.36. The maximum atomic E-state index is 6.76. The van der Waals surface area contributed by atoms with E-state index in [0.29, 0.717) is 0 Å². The maximum absolute atomic E-state index is 6.76. The first kappa shape index (κ1) is 13.7. The lowest BCUT2D eigenvalue weighted by Crippen LogP contribution is -2.40. The zero-order valence-corrected chi connectivity index (χ0v) is 12.7. The van der Waals surface area contributed by atoms with Crippen molar-refractivity contribution in [3.63, 3.8) is 0 Å². The summed E-state index contributed by atoms with van der Waals surface area (Å²) in [6.07, 6.45) is 5.45. The number of methoxy groups -OCH3 is 1. The van der Waals surface area contributed by atoms with Gasteiger partial charge in [-0.05, 0) is 66.8 Å². The van der Waals surface area contributed by atoms with Crippen molar-refractivity contribution in [2.45, 2.75) is 37.6 Å². The second-order valence-corrected chi connectivity index (χ2v) is 6.64. The van der Waals surface area contributed by atoms with Crippen LogP contribution in [0.25, 0.3) is 0 Å². The van der Waals surface area contributed by atoms with Crippen LogP contribution in [0, 0.1) is 0 Å². The van der Waals surface area contributed by atoms with Gasteiger partial charge in [0, 0.05) is 10.4 Å². The van der Waals surface area contributed by atoms with E-state index in [9.17, 15) is 0 Å². The van der Waals surface area contributed by atoms with Crippen LogP contribution in [0.1, 0.15) is 35.3 Å². The lowest BCUT2D eigenvalue weighted by atomic mass is 9.74. The fraction of sp³-hybridized carbons (Fsp3) is 0.412. The molecule has 1 heterocycles. The van der Waals surface area contributed by atoms with Crippen LogP contribution in [-0.4, -0.2) is 7.11 Å². The van der Waals surface area contributed by atoms with Crippen molar-refractivity contribution in [3.8, 4) is 5.75 Å². The fourth-order valence-corrected chi connectivity index (χ4v) is 3.86. The molecule has 1 unspecified atom stereocenters. The molecule has 0 fully saturated rings. The summed E-state index contributed by atoms with van der Waals surface area (Å²) in [5, 5.41) is 2.14. The van der Waals surface area contributed by atoms with E-state index in [1.807, 2.05) is 17.4 Å². The average molecular weight is 287 g/mol. The van der Waals surface area contributed by atoms with Gasteiger partial charge in [0.1, 0.15) is 5.75 Å². The molecular weight excluding hydrogens is 266 g/mol. The minimum Gasteiger partial charge on any atom is -0.497 e. The molecule has 0 amide bonds. The molecule has 0 aliphatic heterocycles. The van der Waals surface area contributed by atoms with Gasteiger partial charge in [-0.25, -0.2) is 0 Å². The molecule has 2 aromatic rings. The molecule has 1 aromatic carbocycles. The molecule has 0 saturated carbocycles. The minimum atomic E-state index is -0.202. The highest BCUT2D eigenvalue weighted by Crippen LogP contribution is 2.38. The SMILES string of the molecule is COc1ccc2c(c1)C(N)(CCc1cccs1)CCC2. The normalized spacial score (nSPS) is 21.5. The Balaban J connectivity index is 1.86. The highest BCUT2D eigenvalue weighted by atomic mass is 32.1. The summed E-state index contributed by atoms with van der Waals surface area (Å²) in [6, 6.07) is 10.7. The van der Waals surface area contributed by atoms with Gasteiger partial charge in [0.05, 0.1) is 7.11 Å². The number of rotatable bonds is 4. The van der Waals surface area contributed by atoms with Crippen molar-refractivity contribution in [1.82, 2.24) is 0 Å². The molecule has 1 aromatic heterocycles. The van der Waals surface area contributed by atoms with Gasteiger partial charge in [-0.3, -0.25) is 0 Å². The average Bonchev–Trinajstić information content (AvgIpc) is 2.99. The third-order valence-electron chi connectivity index (χ3n) is 4.32. The summed E-state index contributed by atoms with van der Waals surface area (Å²) in [6.45, 7) is 0. The number of thiophene rings is 1. The predicted molar refractivity (Wildman–Crippen MR) is 84.4 cm³/mol. The van der Waals surface area contributed by atoms with Crippen molar-refractivity contribution >= 4 is 11.3 Å². The van der Waals surface area contributed by atoms with Gasteiger partial charge in [-0.1, -0.05) is 12.1 Å². The van der Waals surface area contributed by atoms with Gasteiger partial charge < -0.3 is 10.5 Å². The molecular formula is C17H21NOS. The Morgan fingerprint density at radius 1 is 1.35 bits per heavy atom. The van der Waals surface area contributed by atoms with E-state index in [4.69, 9.17) is 10.5 Å². The molecule has 0 saturated heterocycles. The maximum Gasteiger partial charge on any atom is 0.119 e. The summed E-state index contributed by atoms with van der Waals surface area (Å²) in [4.78, 5) is 1.42. The third-order valence-corrected chi connectivity index (χ3v) is 5.26. The van der Waals surface area contributed by atoms with Crippen LogP contribution in [0.5, 0.6) is 5.75 Å². The summed E-state index contributed by atoms with van der Waals surface area (Å²) >= 11 is 1.82. The van der Waals surface area contributed by atoms with Crippen molar-refractivity contribution in [1.29, 1.82) is 0 Å². The van der Waals surface area contributed by atoms with E-state index in [-0.39, 0.29) is 5.54 Å². The highest BCUT2D eigenvalue weighted by molar-refractivity contribution is 7.09. The second-order valence-electron chi connectivity index (χ2n) is 5.61. The van der Waals surface area contributed by atoms with E-state index in [1.165, 1.54) is 22.4 Å². The number of benzene rings is 1. The fourth-order valence-electron chi connectivity index (χ4n) is 3.15. The molecule has 2 N–H and O–H groups in total. The van der Waals surface area contributed by atoms with E-state index >= 15 is 0 Å². The van der Waals surface area contributed by atoms with Gasteiger partial charge >= 0.3 is 0 Å². The van der Waals surface area contributed by atoms with Crippen LogP contribution in [-0.2, 0) is 18.4 Å². The number of ether oxygens (including phenoxy) is 1. The van der Waals surface area contributed by atoms with E-state index in [2.05, 4.69) is 29.6 Å². The molecule has 1 atom stereocenters. The van der Waals surface area contributed by atoms with Crippen molar-refractivity contribution in [3.05, 3.63) is 51.7 Å². The number of fused-ring (bicyclic) bond motifs is 1. The Labute approximate surface area is 124 Å². The van der Waals surface area contributed by atoms with Gasteiger partial charge in [-0.2, -0.15) is 0 Å². The molecule has 0 spiro atoms. The van der Waals surface area contributed by atoms with Gasteiger partial charge in [0.15, 0.2) is 0 Å². The zero-order valence-electron chi connectivity index (χ0n) is 11.9. The Morgan fingerprint density at radius 2 is 2.25 bits per heavy atom. The lowest BCUT2D eigenvalue weighted by molar-refractivity contribution is 0.343. The molecule has 2 nitrogen and oxygen atoms in total. The molecule has 3 rings (SSSR count). The van der Waals surface area contributed by atoms with Gasteiger partial charge in [-0.15, -0.1) is 11.3 Å². The Hall–Kier alpha value is -1.32. The van der Waals surface area contributed by atoms with Gasteiger partial charge in [0.2, 0.25) is 0 Å². The number of aryl methyl sites for hydroxylation is 2. The summed E-state index contributed by atoms with van der Waals surface area (Å²) in [7, 11) is 1.72. The Kier molecular flexibility index (Phi) is 3.81. The summed E-state index contributed by atoms with van der Waals surface area (Å²) < 4.78 is 5.37. The van der Waals surface area contributed by atoms with E-state index in [0.717, 1.165) is 31.4 Å². The standard InChI is InChI=1S/C17H21NOS/c1-19-14-7-6-13-4-2-9-17(18,16(13)12-14)10-8-15-5-3-11-20-15/h3,5-7,11-12H,2,4,8-10,18H2,1H3. The van der Waals surface area contributed by atoms with Crippen molar-refractivity contribution < 1.29 is 4.74 Å². The zero-order chi connectivity index (χ0) is 14.0. The summed E-state index contributed by atoms with van der Waals surface area (Å²) in [5.74, 6) is 0.914. The molecule has 0 radical (unpaired) electrons. The first-order chi connectivity index (χ1) is 9.71. The predicted octanol–water partition coefficient (Wildman–Crippen LogP) is 3.88. The van der Waals surface area contributed by atoms with Crippen LogP contribution < -0.4 is 10.5 Å². The molecule has 1 aliphatic rings. The Bertz CT molecular complexity index is 579. The molecule has 106 valence electrons. The smallest absolute Gasteiger partial charge is 0.119 e. The Morgan fingerprint density at radius 3 is 3.00 bits per heavy atom. The van der Waals surface area contributed by atoms with Crippen LogP contribution in [0.15, 0.2) is 35.7 Å². The second kappa shape index (κ2) is 5.58. The van der Waals surface area contributed by atoms with E-state index in [1.54, 1.807) is 7.11 Å². The van der Waals surface area contributed by atoms with Crippen molar-refractivity contribution in [2.24, 2.45) is 5.73 Å². The monoisotopic (exact) mass is 287 g/mol. The molecule has 20 heavy (non-hydrogen) atoms. The minimum absolute atomic E-state index is 0.202. The number of nitrogens with two attached hydrogens (primary N) is 1. The summed E-state index contributed by atoms with van der Waals surface area (Å²) in [5.41, 5.74) is 9.24. The van der Waals surface area contributed by atoms with Crippen molar-refractivity contribution in [2.75, 3.05) is 7.11 Å². The van der Waals surface area contributed by atoms with Crippen LogP contribution in [0.2, 0.25) is 0 Å². The molecule has 1 aliphatic carbocycles. The highest BCUT2D eigenvalue weighted by Gasteiger charge is 2.32. The van der Waals surface area contributed by atoms with E-state index < -0.39 is 0 Å². The number of hydrogen-bond acceptors (Lipinski definition) is 3. The van der Waals surface area contributed by atoms with Crippen LogP contribution in [0.4, 0.5) is 0 Å². The van der Waals surface area contributed by atoms with Crippen LogP contribution in [0.3, 0.4) is 0 Å². The largest absolute Gasteiger partial charge is 0.497 e. The molecule has 3 heteroatoms. The third kappa shape index (κ3) is 2.60.